The highest BCUT2D eigenvalue weighted by molar-refractivity contribution is 7.89. The number of carboxylic acid groups (broad SMARTS) is 1. The molecule has 1 aromatic rings. The fraction of sp³-hybridized carbons (Fsp3) is 0.500. The summed E-state index contributed by atoms with van der Waals surface area (Å²) in [4.78, 5) is 34.0. The summed E-state index contributed by atoms with van der Waals surface area (Å²) < 4.78 is 35.4. The van der Waals surface area contributed by atoms with Crippen LogP contribution in [-0.2, 0) is 30.9 Å². The van der Waals surface area contributed by atoms with Crippen LogP contribution in [-0.4, -0.2) is 56.6 Å². The number of nitrogens with one attached hydrogen (secondary N) is 3. The van der Waals surface area contributed by atoms with Crippen LogP contribution in [0.15, 0.2) is 24.3 Å². The van der Waals surface area contributed by atoms with E-state index in [4.69, 9.17) is 14.6 Å². The Morgan fingerprint density at radius 3 is 2.57 bits per heavy atom. The van der Waals surface area contributed by atoms with Crippen molar-refractivity contribution in [3.63, 3.8) is 0 Å². The quantitative estimate of drug-likeness (QED) is 0.353. The van der Waals surface area contributed by atoms with Crippen LogP contribution in [0, 0.1) is 0 Å². The van der Waals surface area contributed by atoms with Crippen LogP contribution in [0.1, 0.15) is 32.3 Å². The number of carbonyl (C=O) groups is 3. The summed E-state index contributed by atoms with van der Waals surface area (Å²) in [5, 5.41) is 13.5. The van der Waals surface area contributed by atoms with Gasteiger partial charge in [0.1, 0.15) is 12.6 Å². The predicted molar refractivity (Wildman–Crippen MR) is 109 cm³/mol. The molecule has 0 fully saturated rings. The van der Waals surface area contributed by atoms with Gasteiger partial charge in [0.05, 0.1) is 12.4 Å². The summed E-state index contributed by atoms with van der Waals surface area (Å²) >= 11 is 0. The Bertz CT molecular complexity index is 828. The van der Waals surface area contributed by atoms with Crippen LogP contribution in [0.4, 0.5) is 15.3 Å². The second-order valence-corrected chi connectivity index (χ2v) is 8.19. The Hall–Kier alpha value is -2.86. The summed E-state index contributed by atoms with van der Waals surface area (Å²) in [6.07, 6.45) is 0.262. The molecule has 1 rings (SSSR count). The molecule has 168 valence electrons. The molecule has 0 aliphatic carbocycles. The molecule has 0 spiro atoms. The van der Waals surface area contributed by atoms with Gasteiger partial charge in [0.15, 0.2) is 0 Å². The van der Waals surface area contributed by atoms with Gasteiger partial charge >= 0.3 is 18.2 Å². The van der Waals surface area contributed by atoms with Crippen LogP contribution in [0.3, 0.4) is 0 Å². The molecule has 0 bridgehead atoms. The standard InChI is InChI=1S/C18H27N3O8S/c1-3-4-9-28-18(25)20-15-7-5-6-14(11-15)12-29-17(24)19-8-10-30(26,27)21-13(2)16(22)23/h5-7,11,13,21H,3-4,8-10,12H2,1-2H3,(H,19,24)(H,20,25)(H,22,23)/t13-/m0/s1. The first-order valence-corrected chi connectivity index (χ1v) is 10.9. The lowest BCUT2D eigenvalue weighted by molar-refractivity contribution is -0.138. The zero-order chi connectivity index (χ0) is 22.6. The lowest BCUT2D eigenvalue weighted by Gasteiger charge is -2.11. The van der Waals surface area contributed by atoms with E-state index in [0.717, 1.165) is 12.8 Å². The summed E-state index contributed by atoms with van der Waals surface area (Å²) in [6.45, 7) is 3.14. The minimum absolute atomic E-state index is 0.104. The Labute approximate surface area is 175 Å². The smallest absolute Gasteiger partial charge is 0.411 e. The Morgan fingerprint density at radius 1 is 1.17 bits per heavy atom. The summed E-state index contributed by atoms with van der Waals surface area (Å²) in [5.41, 5.74) is 1.07. The third kappa shape index (κ3) is 10.6. The van der Waals surface area contributed by atoms with Gasteiger partial charge in [0.2, 0.25) is 10.0 Å². The number of alkyl carbamates (subject to hydrolysis) is 1. The Morgan fingerprint density at radius 2 is 1.90 bits per heavy atom. The number of hydrogen-bond donors (Lipinski definition) is 4. The second kappa shape index (κ2) is 12.6. The number of anilines is 1. The monoisotopic (exact) mass is 445 g/mol. The third-order valence-corrected chi connectivity index (χ3v) is 5.10. The predicted octanol–water partition coefficient (Wildman–Crippen LogP) is 1.65. The summed E-state index contributed by atoms with van der Waals surface area (Å²) in [7, 11) is -3.87. The van der Waals surface area contributed by atoms with Gasteiger partial charge < -0.3 is 19.9 Å². The number of carboxylic acids is 1. The number of aliphatic carboxylic acids is 1. The average Bonchev–Trinajstić information content (AvgIpc) is 2.66. The minimum Gasteiger partial charge on any atom is -0.480 e. The van der Waals surface area contributed by atoms with Crippen molar-refractivity contribution in [1.82, 2.24) is 10.0 Å². The third-order valence-electron chi connectivity index (χ3n) is 3.64. The molecule has 0 aliphatic rings. The maximum absolute atomic E-state index is 11.7. The molecule has 0 aromatic heterocycles. The lowest BCUT2D eigenvalue weighted by Crippen LogP contribution is -2.42. The van der Waals surface area contributed by atoms with Gasteiger partial charge in [-0.2, -0.15) is 0 Å². The molecule has 1 aromatic carbocycles. The molecule has 11 nitrogen and oxygen atoms in total. The van der Waals surface area contributed by atoms with Crippen molar-refractivity contribution in [2.24, 2.45) is 0 Å². The van der Waals surface area contributed by atoms with E-state index < -0.39 is 40.0 Å². The van der Waals surface area contributed by atoms with E-state index in [9.17, 15) is 22.8 Å². The van der Waals surface area contributed by atoms with E-state index in [2.05, 4.69) is 10.6 Å². The van der Waals surface area contributed by atoms with E-state index in [1.54, 1.807) is 24.3 Å². The van der Waals surface area contributed by atoms with Crippen LogP contribution in [0.2, 0.25) is 0 Å². The van der Waals surface area contributed by atoms with E-state index in [1.165, 1.54) is 6.92 Å². The number of amides is 2. The largest absolute Gasteiger partial charge is 0.480 e. The van der Waals surface area contributed by atoms with Crippen LogP contribution >= 0.6 is 0 Å². The fourth-order valence-electron chi connectivity index (χ4n) is 2.07. The fourth-order valence-corrected chi connectivity index (χ4v) is 3.20. The van der Waals surface area contributed by atoms with Gasteiger partial charge in [0.25, 0.3) is 0 Å². The Kier molecular flexibility index (Phi) is 10.6. The minimum atomic E-state index is -3.87. The van der Waals surface area contributed by atoms with Gasteiger partial charge in [-0.3, -0.25) is 10.1 Å². The number of ether oxygens (including phenoxy) is 2. The molecule has 12 heteroatoms. The van der Waals surface area contributed by atoms with E-state index in [0.29, 0.717) is 17.9 Å². The van der Waals surface area contributed by atoms with Crippen LogP contribution < -0.4 is 15.4 Å². The molecule has 30 heavy (non-hydrogen) atoms. The lowest BCUT2D eigenvalue weighted by atomic mass is 10.2. The maximum atomic E-state index is 11.7. The van der Waals surface area contributed by atoms with E-state index in [1.807, 2.05) is 11.6 Å². The molecular formula is C18H27N3O8S. The first kappa shape index (κ1) is 25.2. The van der Waals surface area contributed by atoms with Gasteiger partial charge in [0, 0.05) is 12.2 Å². The first-order valence-electron chi connectivity index (χ1n) is 9.29. The molecule has 0 heterocycles. The van der Waals surface area contributed by atoms with Crippen molar-refractivity contribution in [1.29, 1.82) is 0 Å². The van der Waals surface area contributed by atoms with Crippen molar-refractivity contribution in [3.8, 4) is 0 Å². The van der Waals surface area contributed by atoms with Crippen molar-refractivity contribution < 1.29 is 37.4 Å². The normalized spacial score (nSPS) is 11.9. The summed E-state index contributed by atoms with van der Waals surface area (Å²) in [5.74, 6) is -1.81. The molecule has 0 unspecified atom stereocenters. The van der Waals surface area contributed by atoms with Crippen LogP contribution in [0.25, 0.3) is 0 Å². The Balaban J connectivity index is 2.39. The number of rotatable bonds is 12. The molecule has 0 saturated heterocycles. The average molecular weight is 445 g/mol. The van der Waals surface area contributed by atoms with Crippen LogP contribution in [0.5, 0.6) is 0 Å². The summed E-state index contributed by atoms with van der Waals surface area (Å²) in [6, 6.07) is 5.34. The second-order valence-electron chi connectivity index (χ2n) is 6.31. The highest BCUT2D eigenvalue weighted by Gasteiger charge is 2.19. The highest BCUT2D eigenvalue weighted by Crippen LogP contribution is 2.12. The zero-order valence-corrected chi connectivity index (χ0v) is 17.7. The molecule has 4 N–H and O–H groups in total. The maximum Gasteiger partial charge on any atom is 0.411 e. The highest BCUT2D eigenvalue weighted by atomic mass is 32.2. The van der Waals surface area contributed by atoms with E-state index >= 15 is 0 Å². The van der Waals surface area contributed by atoms with Gasteiger partial charge in [-0.1, -0.05) is 25.5 Å². The molecular weight excluding hydrogens is 418 g/mol. The molecule has 0 aliphatic heterocycles. The molecule has 0 radical (unpaired) electrons. The number of unbranched alkanes of at least 4 members (excludes halogenated alkanes) is 1. The molecule has 1 atom stereocenters. The SMILES string of the molecule is CCCCOC(=O)Nc1cccc(COC(=O)NCCS(=O)(=O)N[C@@H](C)C(=O)O)c1. The first-order chi connectivity index (χ1) is 14.1. The number of sulfonamides is 1. The van der Waals surface area contributed by atoms with Crippen molar-refractivity contribution in [2.75, 3.05) is 24.2 Å². The molecule has 2 amide bonds. The van der Waals surface area contributed by atoms with Gasteiger partial charge in [-0.25, -0.2) is 22.7 Å². The number of benzene rings is 1. The van der Waals surface area contributed by atoms with Gasteiger partial charge in [-0.15, -0.1) is 0 Å². The number of carbonyl (C=O) groups excluding carboxylic acids is 2. The van der Waals surface area contributed by atoms with Gasteiger partial charge in [-0.05, 0) is 31.0 Å². The number of hydrogen-bond acceptors (Lipinski definition) is 7. The molecule has 0 saturated carbocycles. The van der Waals surface area contributed by atoms with E-state index in [-0.39, 0.29) is 13.2 Å². The van der Waals surface area contributed by atoms with Crippen molar-refractivity contribution >= 4 is 33.9 Å². The zero-order valence-electron chi connectivity index (χ0n) is 16.8. The van der Waals surface area contributed by atoms with Crippen molar-refractivity contribution in [3.05, 3.63) is 29.8 Å². The topological polar surface area (TPSA) is 160 Å². The van der Waals surface area contributed by atoms with Crippen molar-refractivity contribution in [2.45, 2.75) is 39.3 Å².